The van der Waals surface area contributed by atoms with Crippen molar-refractivity contribution in [2.45, 2.75) is 20.1 Å². The number of halogens is 2. The predicted molar refractivity (Wildman–Crippen MR) is 129 cm³/mol. The summed E-state index contributed by atoms with van der Waals surface area (Å²) in [5.74, 6) is -0.979. The van der Waals surface area contributed by atoms with Crippen molar-refractivity contribution in [3.8, 4) is 0 Å². The number of amides is 1. The van der Waals surface area contributed by atoms with Crippen molar-refractivity contribution in [2.24, 2.45) is 0 Å². The van der Waals surface area contributed by atoms with E-state index in [2.05, 4.69) is 10.3 Å². The van der Waals surface area contributed by atoms with Gasteiger partial charge in [0.25, 0.3) is 5.56 Å². The van der Waals surface area contributed by atoms with E-state index in [9.17, 15) is 14.4 Å². The van der Waals surface area contributed by atoms with E-state index in [1.807, 2.05) is 30.3 Å². The second-order valence-corrected chi connectivity index (χ2v) is 9.05. The van der Waals surface area contributed by atoms with Crippen LogP contribution < -0.4 is 10.9 Å². The molecule has 0 radical (unpaired) electrons. The molecule has 2 aromatic heterocycles. The Balaban J connectivity index is 1.53. The summed E-state index contributed by atoms with van der Waals surface area (Å²) in [7, 11) is 0. The molecule has 0 unspecified atom stereocenters. The molecule has 0 atom stereocenters. The highest BCUT2D eigenvalue weighted by molar-refractivity contribution is 7.20. The summed E-state index contributed by atoms with van der Waals surface area (Å²) in [6.07, 6.45) is 1.28. The lowest BCUT2D eigenvalue weighted by Crippen LogP contribution is -2.27. The lowest BCUT2D eigenvalue weighted by Gasteiger charge is -2.08. The van der Waals surface area contributed by atoms with Gasteiger partial charge in [0.1, 0.15) is 22.9 Å². The minimum atomic E-state index is -0.527. The highest BCUT2D eigenvalue weighted by Gasteiger charge is 2.21. The Morgan fingerprint density at radius 2 is 1.82 bits per heavy atom. The summed E-state index contributed by atoms with van der Waals surface area (Å²) in [5.41, 5.74) is 1.32. The van der Waals surface area contributed by atoms with E-state index in [1.165, 1.54) is 10.9 Å². The zero-order valence-corrected chi connectivity index (χ0v) is 19.6. The number of aryl methyl sites for hydroxylation is 1. The Bertz CT molecular complexity index is 1400. The summed E-state index contributed by atoms with van der Waals surface area (Å²) >= 11 is 13.0. The molecule has 0 bridgehead atoms. The summed E-state index contributed by atoms with van der Waals surface area (Å²) < 4.78 is 6.58. The molecular weight excluding hydrogens is 485 g/mol. The van der Waals surface area contributed by atoms with Gasteiger partial charge < -0.3 is 10.1 Å². The fourth-order valence-corrected chi connectivity index (χ4v) is 4.80. The highest BCUT2D eigenvalue weighted by Crippen LogP contribution is 2.28. The van der Waals surface area contributed by atoms with Crippen molar-refractivity contribution in [3.63, 3.8) is 0 Å². The molecule has 7 nitrogen and oxygen atoms in total. The minimum Gasteiger partial charge on any atom is -0.457 e. The normalized spacial score (nSPS) is 10.9. The lowest BCUT2D eigenvalue weighted by molar-refractivity contribution is -0.116. The van der Waals surface area contributed by atoms with E-state index in [1.54, 1.807) is 25.1 Å². The van der Waals surface area contributed by atoms with Gasteiger partial charge in [0.15, 0.2) is 0 Å². The number of carbonyl (C=O) groups excluding carboxylic acids is 2. The minimum absolute atomic E-state index is 0.124. The van der Waals surface area contributed by atoms with Crippen LogP contribution in [0.4, 0.5) is 5.69 Å². The van der Waals surface area contributed by atoms with Gasteiger partial charge in [-0.25, -0.2) is 9.78 Å². The first-order valence-electron chi connectivity index (χ1n) is 9.77. The first-order valence-corrected chi connectivity index (χ1v) is 11.3. The average Bonchev–Trinajstić information content (AvgIpc) is 3.11. The molecule has 10 heteroatoms. The van der Waals surface area contributed by atoms with Crippen LogP contribution in [0.1, 0.15) is 20.8 Å². The first-order chi connectivity index (χ1) is 15.8. The number of benzene rings is 2. The van der Waals surface area contributed by atoms with E-state index < -0.39 is 17.4 Å². The summed E-state index contributed by atoms with van der Waals surface area (Å²) in [4.78, 5) is 43.1. The second-order valence-electron chi connectivity index (χ2n) is 7.18. The topological polar surface area (TPSA) is 90.3 Å². The molecule has 2 heterocycles. The summed E-state index contributed by atoms with van der Waals surface area (Å²) in [6, 6.07) is 13.9. The van der Waals surface area contributed by atoms with Gasteiger partial charge in [0, 0.05) is 15.7 Å². The van der Waals surface area contributed by atoms with Gasteiger partial charge in [-0.05, 0) is 36.2 Å². The van der Waals surface area contributed by atoms with Gasteiger partial charge in [0.2, 0.25) is 5.91 Å². The van der Waals surface area contributed by atoms with Gasteiger partial charge in [-0.15, -0.1) is 11.3 Å². The molecule has 168 valence electrons. The number of carbonyl (C=O) groups is 2. The van der Waals surface area contributed by atoms with Crippen molar-refractivity contribution < 1.29 is 14.3 Å². The molecule has 0 saturated carbocycles. The number of ether oxygens (including phenoxy) is 1. The maximum Gasteiger partial charge on any atom is 0.349 e. The molecule has 0 fully saturated rings. The van der Waals surface area contributed by atoms with Crippen molar-refractivity contribution in [3.05, 3.63) is 91.3 Å². The number of thiophene rings is 1. The van der Waals surface area contributed by atoms with Crippen molar-refractivity contribution in [2.75, 3.05) is 5.32 Å². The molecule has 4 rings (SSSR count). The second kappa shape index (κ2) is 9.74. The number of esters is 1. The first kappa shape index (κ1) is 23.0. The van der Waals surface area contributed by atoms with Crippen LogP contribution in [-0.2, 0) is 22.7 Å². The molecule has 0 aliphatic carbocycles. The van der Waals surface area contributed by atoms with Crippen LogP contribution in [-0.4, -0.2) is 21.4 Å². The number of rotatable bonds is 6. The van der Waals surface area contributed by atoms with Gasteiger partial charge in [0.05, 0.1) is 11.7 Å². The monoisotopic (exact) mass is 501 g/mol. The molecular formula is C23H17Cl2N3O4S. The number of hydrogen-bond acceptors (Lipinski definition) is 6. The quantitative estimate of drug-likeness (QED) is 0.372. The van der Waals surface area contributed by atoms with E-state index >= 15 is 0 Å². The smallest absolute Gasteiger partial charge is 0.349 e. The summed E-state index contributed by atoms with van der Waals surface area (Å²) in [5, 5.41) is 3.68. The Labute approximate surface area is 202 Å². The number of anilines is 1. The fraction of sp³-hybridized carbons (Fsp3) is 0.130. The van der Waals surface area contributed by atoms with Crippen molar-refractivity contribution in [1.29, 1.82) is 0 Å². The number of nitrogens with zero attached hydrogens (tertiary/aromatic N) is 2. The van der Waals surface area contributed by atoms with E-state index in [4.69, 9.17) is 27.9 Å². The van der Waals surface area contributed by atoms with Gasteiger partial charge in [-0.1, -0.05) is 53.5 Å². The SMILES string of the molecule is Cc1c(C(=O)OCc2ccccc2)sc2ncn(CC(=O)Nc3cc(Cl)cc(Cl)c3)c(=O)c12. The van der Waals surface area contributed by atoms with Crippen LogP contribution in [0.2, 0.25) is 10.0 Å². The number of fused-ring (bicyclic) bond motifs is 1. The van der Waals surface area contributed by atoms with Crippen LogP contribution >= 0.6 is 34.5 Å². The third-order valence-electron chi connectivity index (χ3n) is 4.78. The zero-order chi connectivity index (χ0) is 23.5. The van der Waals surface area contributed by atoms with Crippen LogP contribution in [0.15, 0.2) is 59.7 Å². The lowest BCUT2D eigenvalue weighted by atomic mass is 10.2. The number of aromatic nitrogens is 2. The molecule has 0 aliphatic rings. The van der Waals surface area contributed by atoms with Gasteiger partial charge in [-0.2, -0.15) is 0 Å². The molecule has 0 saturated heterocycles. The molecule has 0 spiro atoms. The highest BCUT2D eigenvalue weighted by atomic mass is 35.5. The van der Waals surface area contributed by atoms with Crippen molar-refractivity contribution in [1.82, 2.24) is 9.55 Å². The standard InChI is InChI=1S/C23H17Cl2N3O4S/c1-13-19-21(33-20(13)23(31)32-11-14-5-3-2-4-6-14)26-12-28(22(19)30)10-18(29)27-17-8-15(24)7-16(25)9-17/h2-9,12H,10-11H2,1H3,(H,27,29). The molecule has 2 aromatic carbocycles. The molecule has 1 N–H and O–H groups in total. The Kier molecular flexibility index (Phi) is 6.78. The Hall–Kier alpha value is -3.20. The molecule has 0 aliphatic heterocycles. The van der Waals surface area contributed by atoms with Crippen LogP contribution in [0, 0.1) is 6.92 Å². The largest absolute Gasteiger partial charge is 0.457 e. The molecule has 33 heavy (non-hydrogen) atoms. The number of hydrogen-bond donors (Lipinski definition) is 1. The van der Waals surface area contributed by atoms with Crippen LogP contribution in [0.5, 0.6) is 0 Å². The van der Waals surface area contributed by atoms with Crippen molar-refractivity contribution >= 4 is 62.3 Å². The van der Waals surface area contributed by atoms with Gasteiger partial charge >= 0.3 is 5.97 Å². The average molecular weight is 502 g/mol. The third kappa shape index (κ3) is 5.24. The third-order valence-corrected chi connectivity index (χ3v) is 6.39. The maximum atomic E-state index is 13.0. The Morgan fingerprint density at radius 1 is 1.12 bits per heavy atom. The number of nitrogens with one attached hydrogen (secondary N) is 1. The molecule has 1 amide bonds. The molecule has 4 aromatic rings. The summed E-state index contributed by atoms with van der Waals surface area (Å²) in [6.45, 7) is 1.52. The van der Waals surface area contributed by atoms with E-state index in [0.717, 1.165) is 16.9 Å². The van der Waals surface area contributed by atoms with Gasteiger partial charge in [-0.3, -0.25) is 14.2 Å². The van der Waals surface area contributed by atoms with E-state index in [-0.39, 0.29) is 18.5 Å². The maximum absolute atomic E-state index is 13.0. The Morgan fingerprint density at radius 3 is 2.52 bits per heavy atom. The predicted octanol–water partition coefficient (Wildman–Crippen LogP) is 5.07. The fourth-order valence-electron chi connectivity index (χ4n) is 3.24. The zero-order valence-electron chi connectivity index (χ0n) is 17.3. The van der Waals surface area contributed by atoms with Crippen LogP contribution in [0.3, 0.4) is 0 Å². The van der Waals surface area contributed by atoms with E-state index in [0.29, 0.717) is 31.0 Å². The van der Waals surface area contributed by atoms with Crippen LogP contribution in [0.25, 0.3) is 10.2 Å².